The van der Waals surface area contributed by atoms with Crippen molar-refractivity contribution in [1.82, 2.24) is 0 Å². The third kappa shape index (κ3) is 1.85. The molecular formula is C16H21N. The van der Waals surface area contributed by atoms with Crippen LogP contribution in [0.2, 0.25) is 0 Å². The largest absolute Gasteiger partial charge is 0.326 e. The van der Waals surface area contributed by atoms with Gasteiger partial charge in [0, 0.05) is 12.5 Å². The van der Waals surface area contributed by atoms with Gasteiger partial charge in [0.25, 0.3) is 0 Å². The molecule has 0 saturated heterocycles. The van der Waals surface area contributed by atoms with Gasteiger partial charge in [-0.3, -0.25) is 0 Å². The summed E-state index contributed by atoms with van der Waals surface area (Å²) in [5.41, 5.74) is 14.2. The molecule has 2 rings (SSSR count). The molecule has 1 aromatic rings. The van der Waals surface area contributed by atoms with Gasteiger partial charge < -0.3 is 5.73 Å². The highest BCUT2D eigenvalue weighted by molar-refractivity contribution is 5.81. The van der Waals surface area contributed by atoms with Gasteiger partial charge in [0.05, 0.1) is 0 Å². The van der Waals surface area contributed by atoms with E-state index in [1.54, 1.807) is 0 Å². The molecule has 1 aromatic carbocycles. The summed E-state index contributed by atoms with van der Waals surface area (Å²) in [7, 11) is 0. The summed E-state index contributed by atoms with van der Waals surface area (Å²) in [5, 5.41) is 0. The molecule has 0 bridgehead atoms. The molecule has 0 aliphatic heterocycles. The fourth-order valence-corrected chi connectivity index (χ4v) is 2.76. The van der Waals surface area contributed by atoms with Crippen molar-refractivity contribution >= 4 is 5.57 Å². The lowest BCUT2D eigenvalue weighted by Gasteiger charge is -2.16. The molecule has 0 aromatic heterocycles. The minimum Gasteiger partial charge on any atom is -0.326 e. The second-order valence-corrected chi connectivity index (χ2v) is 4.93. The molecule has 2 N–H and O–H groups in total. The van der Waals surface area contributed by atoms with Crippen molar-refractivity contribution in [3.63, 3.8) is 0 Å². The Morgan fingerprint density at radius 3 is 2.24 bits per heavy atom. The van der Waals surface area contributed by atoms with E-state index in [4.69, 9.17) is 5.73 Å². The lowest BCUT2D eigenvalue weighted by Crippen LogP contribution is -2.04. The van der Waals surface area contributed by atoms with E-state index in [0.717, 1.165) is 0 Å². The lowest BCUT2D eigenvalue weighted by molar-refractivity contribution is 0.890. The fourth-order valence-electron chi connectivity index (χ4n) is 2.76. The monoisotopic (exact) mass is 227 g/mol. The Labute approximate surface area is 104 Å². The molecule has 1 aliphatic carbocycles. The first-order chi connectivity index (χ1) is 8.07. The Balaban J connectivity index is 2.57. The van der Waals surface area contributed by atoms with Crippen LogP contribution in [-0.4, -0.2) is 0 Å². The van der Waals surface area contributed by atoms with Crippen LogP contribution in [-0.2, 0) is 6.54 Å². The van der Waals surface area contributed by atoms with E-state index in [1.807, 2.05) is 0 Å². The highest BCUT2D eigenvalue weighted by Gasteiger charge is 2.25. The molecule has 0 radical (unpaired) electrons. The van der Waals surface area contributed by atoms with Crippen LogP contribution in [0.5, 0.6) is 0 Å². The summed E-state index contributed by atoms with van der Waals surface area (Å²) in [4.78, 5) is 0. The van der Waals surface area contributed by atoms with Gasteiger partial charge in [-0.1, -0.05) is 36.8 Å². The summed E-state index contributed by atoms with van der Waals surface area (Å²) < 4.78 is 0. The maximum Gasteiger partial charge on any atom is 0.0184 e. The van der Waals surface area contributed by atoms with Crippen LogP contribution in [0, 0.1) is 5.92 Å². The van der Waals surface area contributed by atoms with Crippen LogP contribution in [0.15, 0.2) is 41.0 Å². The molecule has 0 fully saturated rings. The van der Waals surface area contributed by atoms with Crippen molar-refractivity contribution in [3.05, 3.63) is 52.1 Å². The predicted molar refractivity (Wildman–Crippen MR) is 74.5 cm³/mol. The maximum atomic E-state index is 5.84. The molecule has 1 nitrogen and oxygen atoms in total. The first kappa shape index (κ1) is 12.1. The minimum absolute atomic E-state index is 0.516. The van der Waals surface area contributed by atoms with Crippen LogP contribution in [0.25, 0.3) is 5.57 Å². The smallest absolute Gasteiger partial charge is 0.0184 e. The fraction of sp³-hybridized carbons (Fsp3) is 0.375. The average Bonchev–Trinajstić information content (AvgIpc) is 2.54. The van der Waals surface area contributed by atoms with Crippen molar-refractivity contribution in [2.75, 3.05) is 0 Å². The molecule has 1 unspecified atom stereocenters. The van der Waals surface area contributed by atoms with Gasteiger partial charge in [-0.05, 0) is 48.6 Å². The van der Waals surface area contributed by atoms with Crippen LogP contribution >= 0.6 is 0 Å². The molecule has 0 amide bonds. The Kier molecular flexibility index (Phi) is 3.21. The summed E-state index contributed by atoms with van der Waals surface area (Å²) in [6.07, 6.45) is 0. The van der Waals surface area contributed by atoms with Crippen LogP contribution in [0.3, 0.4) is 0 Å². The van der Waals surface area contributed by atoms with E-state index >= 15 is 0 Å². The zero-order valence-corrected chi connectivity index (χ0v) is 11.2. The summed E-state index contributed by atoms with van der Waals surface area (Å²) in [6.45, 7) is 9.58. The van der Waals surface area contributed by atoms with E-state index in [-0.39, 0.29) is 0 Å². The number of hydrogen-bond acceptors (Lipinski definition) is 1. The quantitative estimate of drug-likeness (QED) is 0.814. The molecule has 0 saturated carbocycles. The molecule has 0 spiro atoms. The zero-order chi connectivity index (χ0) is 12.6. The highest BCUT2D eigenvalue weighted by Crippen LogP contribution is 2.42. The molecule has 1 atom stereocenters. The Hall–Kier alpha value is -1.34. The van der Waals surface area contributed by atoms with E-state index in [9.17, 15) is 0 Å². The highest BCUT2D eigenvalue weighted by atomic mass is 14.5. The van der Waals surface area contributed by atoms with Gasteiger partial charge in [0.15, 0.2) is 0 Å². The number of hydrogen-bond donors (Lipinski definition) is 1. The van der Waals surface area contributed by atoms with Crippen molar-refractivity contribution in [2.45, 2.75) is 34.2 Å². The van der Waals surface area contributed by atoms with E-state index in [0.29, 0.717) is 12.5 Å². The molecule has 1 heteroatoms. The van der Waals surface area contributed by atoms with Crippen molar-refractivity contribution < 1.29 is 0 Å². The van der Waals surface area contributed by atoms with Gasteiger partial charge in [-0.15, -0.1) is 0 Å². The zero-order valence-electron chi connectivity index (χ0n) is 11.2. The normalized spacial score (nSPS) is 20.4. The van der Waals surface area contributed by atoms with E-state index < -0.39 is 0 Å². The Morgan fingerprint density at radius 2 is 1.71 bits per heavy atom. The first-order valence-corrected chi connectivity index (χ1v) is 6.24. The van der Waals surface area contributed by atoms with Crippen LogP contribution < -0.4 is 5.73 Å². The molecular weight excluding hydrogens is 206 g/mol. The molecule has 17 heavy (non-hydrogen) atoms. The van der Waals surface area contributed by atoms with Gasteiger partial charge in [-0.2, -0.15) is 0 Å². The summed E-state index contributed by atoms with van der Waals surface area (Å²) >= 11 is 0. The standard InChI is InChI=1S/C16H21N/c1-10-11(2)13(4)16(12(10)3)15-8-6-5-7-14(15)9-17/h5-8,12H,9,17H2,1-4H3. The molecule has 0 heterocycles. The number of nitrogens with two attached hydrogens (primary N) is 1. The second-order valence-electron chi connectivity index (χ2n) is 4.93. The first-order valence-electron chi connectivity index (χ1n) is 6.24. The van der Waals surface area contributed by atoms with Crippen molar-refractivity contribution in [1.29, 1.82) is 0 Å². The van der Waals surface area contributed by atoms with Crippen LogP contribution in [0.4, 0.5) is 0 Å². The lowest BCUT2D eigenvalue weighted by atomic mass is 9.89. The summed E-state index contributed by atoms with van der Waals surface area (Å²) in [6, 6.07) is 8.49. The second kappa shape index (κ2) is 4.50. The van der Waals surface area contributed by atoms with Gasteiger partial charge in [0.1, 0.15) is 0 Å². The molecule has 90 valence electrons. The number of benzene rings is 1. The third-order valence-corrected chi connectivity index (χ3v) is 4.17. The van der Waals surface area contributed by atoms with E-state index in [1.165, 1.54) is 33.4 Å². The van der Waals surface area contributed by atoms with Gasteiger partial charge >= 0.3 is 0 Å². The third-order valence-electron chi connectivity index (χ3n) is 4.17. The van der Waals surface area contributed by atoms with Crippen LogP contribution in [0.1, 0.15) is 38.8 Å². The SMILES string of the molecule is CC1=C(C)C(C)C(c2ccccc2CN)=C1C. The van der Waals surface area contributed by atoms with Gasteiger partial charge in [-0.25, -0.2) is 0 Å². The van der Waals surface area contributed by atoms with Crippen molar-refractivity contribution in [3.8, 4) is 0 Å². The summed E-state index contributed by atoms with van der Waals surface area (Å²) in [5.74, 6) is 0.516. The Bertz CT molecular complexity index is 506. The maximum absolute atomic E-state index is 5.84. The topological polar surface area (TPSA) is 26.0 Å². The molecule has 1 aliphatic rings. The van der Waals surface area contributed by atoms with Gasteiger partial charge in [0.2, 0.25) is 0 Å². The predicted octanol–water partition coefficient (Wildman–Crippen LogP) is 3.90. The number of rotatable bonds is 2. The number of allylic oxidation sites excluding steroid dienone is 4. The minimum atomic E-state index is 0.516. The average molecular weight is 227 g/mol. The Morgan fingerprint density at radius 1 is 1.06 bits per heavy atom. The van der Waals surface area contributed by atoms with E-state index in [2.05, 4.69) is 52.0 Å². The van der Waals surface area contributed by atoms with Crippen molar-refractivity contribution in [2.24, 2.45) is 11.7 Å².